The SMILES string of the molecule is Cc1ccc(NC(=NC[C@H]2c3ccccc3C(=O)N(CCc3ccccc3)[C@H]2c2ccc3c(c2)c2ccccc2n3C)c2c(O)n(C)c(=O)n(C)c2=O)cc1. The van der Waals surface area contributed by atoms with Crippen molar-refractivity contribution in [1.82, 2.24) is 18.6 Å². The van der Waals surface area contributed by atoms with Crippen LogP contribution in [0.4, 0.5) is 5.69 Å². The van der Waals surface area contributed by atoms with Gasteiger partial charge in [0.15, 0.2) is 0 Å². The Kier molecular flexibility index (Phi) is 9.18. The predicted molar refractivity (Wildman–Crippen MR) is 218 cm³/mol. The van der Waals surface area contributed by atoms with Crippen molar-refractivity contribution in [2.24, 2.45) is 26.1 Å². The Bertz CT molecular complexity index is 2740. The van der Waals surface area contributed by atoms with E-state index in [4.69, 9.17) is 4.99 Å². The van der Waals surface area contributed by atoms with Crippen LogP contribution in [-0.2, 0) is 27.6 Å². The molecule has 2 atom stereocenters. The minimum Gasteiger partial charge on any atom is -0.494 e. The number of benzene rings is 5. The van der Waals surface area contributed by atoms with Gasteiger partial charge in [-0.2, -0.15) is 0 Å². The van der Waals surface area contributed by atoms with Gasteiger partial charge in [0.1, 0.15) is 11.4 Å². The fourth-order valence-corrected chi connectivity index (χ4v) is 7.98. The molecule has 1 aliphatic heterocycles. The lowest BCUT2D eigenvalue weighted by Gasteiger charge is -2.42. The molecule has 0 radical (unpaired) electrons. The third-order valence-electron chi connectivity index (χ3n) is 11.0. The minimum absolute atomic E-state index is 0.0580. The van der Waals surface area contributed by atoms with Crippen LogP contribution in [0.2, 0.25) is 0 Å². The number of hydrogen-bond acceptors (Lipinski definition) is 5. The van der Waals surface area contributed by atoms with Gasteiger partial charge in [0.25, 0.3) is 11.5 Å². The Balaban J connectivity index is 1.32. The number of aliphatic imine (C=N–C) groups is 1. The van der Waals surface area contributed by atoms with E-state index >= 15 is 0 Å². The van der Waals surface area contributed by atoms with Gasteiger partial charge in [-0.3, -0.25) is 23.7 Å². The van der Waals surface area contributed by atoms with Crippen LogP contribution >= 0.6 is 0 Å². The highest BCUT2D eigenvalue weighted by Crippen LogP contribution is 2.44. The van der Waals surface area contributed by atoms with Gasteiger partial charge >= 0.3 is 5.69 Å². The number of rotatable bonds is 8. The van der Waals surface area contributed by atoms with E-state index in [0.29, 0.717) is 24.2 Å². The van der Waals surface area contributed by atoms with Crippen LogP contribution in [0.1, 0.15) is 50.1 Å². The number of aromatic nitrogens is 3. The first-order chi connectivity index (χ1) is 26.6. The number of nitrogens with one attached hydrogen (secondary N) is 1. The average Bonchev–Trinajstić information content (AvgIpc) is 3.50. The van der Waals surface area contributed by atoms with Gasteiger partial charge in [-0.15, -0.1) is 0 Å². The third-order valence-corrected chi connectivity index (χ3v) is 11.0. The van der Waals surface area contributed by atoms with Crippen molar-refractivity contribution in [3.05, 3.63) is 176 Å². The van der Waals surface area contributed by atoms with Crippen LogP contribution in [-0.4, -0.2) is 48.5 Å². The van der Waals surface area contributed by atoms with Gasteiger partial charge in [0.2, 0.25) is 5.88 Å². The summed E-state index contributed by atoms with van der Waals surface area (Å²) in [7, 11) is 4.86. The van der Waals surface area contributed by atoms with Crippen LogP contribution in [0.5, 0.6) is 5.88 Å². The van der Waals surface area contributed by atoms with Crippen molar-refractivity contribution in [3.8, 4) is 5.88 Å². The minimum atomic E-state index is -0.680. The van der Waals surface area contributed by atoms with Crippen molar-refractivity contribution in [2.75, 3.05) is 18.4 Å². The monoisotopic (exact) mass is 730 g/mol. The van der Waals surface area contributed by atoms with Gasteiger partial charge in [0, 0.05) is 66.7 Å². The van der Waals surface area contributed by atoms with Gasteiger partial charge in [-0.05, 0) is 66.4 Å². The van der Waals surface area contributed by atoms with E-state index in [2.05, 4.69) is 59.4 Å². The lowest BCUT2D eigenvalue weighted by molar-refractivity contribution is 0.0614. The number of nitrogens with zero attached hydrogens (tertiary/aromatic N) is 5. The molecule has 55 heavy (non-hydrogen) atoms. The normalized spacial score (nSPS) is 15.8. The molecule has 0 spiro atoms. The van der Waals surface area contributed by atoms with Crippen LogP contribution < -0.4 is 16.6 Å². The van der Waals surface area contributed by atoms with Crippen molar-refractivity contribution in [3.63, 3.8) is 0 Å². The Labute approximate surface area is 318 Å². The zero-order chi connectivity index (χ0) is 38.4. The van der Waals surface area contributed by atoms with Crippen LogP contribution in [0.15, 0.2) is 136 Å². The lowest BCUT2D eigenvalue weighted by Crippen LogP contribution is -2.45. The fraction of sp³-hybridized carbons (Fsp3) is 0.200. The molecule has 0 saturated carbocycles. The van der Waals surface area contributed by atoms with Crippen molar-refractivity contribution >= 4 is 39.2 Å². The van der Waals surface area contributed by atoms with E-state index in [1.165, 1.54) is 14.1 Å². The number of aryl methyl sites for hydroxylation is 2. The summed E-state index contributed by atoms with van der Waals surface area (Å²) in [5.41, 5.74) is 5.99. The summed E-state index contributed by atoms with van der Waals surface area (Å²) in [4.78, 5) is 48.3. The molecule has 10 nitrogen and oxygen atoms in total. The molecular formula is C45H42N6O4. The second-order valence-electron chi connectivity index (χ2n) is 14.3. The van der Waals surface area contributed by atoms with E-state index in [1.54, 1.807) is 0 Å². The van der Waals surface area contributed by atoms with Crippen molar-refractivity contribution in [2.45, 2.75) is 25.3 Å². The van der Waals surface area contributed by atoms with E-state index in [0.717, 1.165) is 53.2 Å². The van der Waals surface area contributed by atoms with E-state index < -0.39 is 23.2 Å². The molecule has 0 saturated heterocycles. The molecule has 0 aliphatic carbocycles. The Morgan fingerprint density at radius 1 is 0.745 bits per heavy atom. The lowest BCUT2D eigenvalue weighted by atomic mass is 9.79. The maximum absolute atomic E-state index is 14.6. The molecular weight excluding hydrogens is 689 g/mol. The highest BCUT2D eigenvalue weighted by molar-refractivity contribution is 6.10. The number of carbonyl (C=O) groups is 1. The average molecular weight is 731 g/mol. The number of carbonyl (C=O) groups excluding carboxylic acids is 1. The Hall–Kier alpha value is -6.68. The molecule has 5 aromatic carbocycles. The van der Waals surface area contributed by atoms with E-state index in [-0.39, 0.29) is 29.8 Å². The molecule has 7 aromatic rings. The Morgan fingerprint density at radius 3 is 2.22 bits per heavy atom. The first-order valence-electron chi connectivity index (χ1n) is 18.4. The summed E-state index contributed by atoms with van der Waals surface area (Å²) in [6.07, 6.45) is 0.653. The second-order valence-corrected chi connectivity index (χ2v) is 14.3. The smallest absolute Gasteiger partial charge is 0.333 e. The summed E-state index contributed by atoms with van der Waals surface area (Å²) < 4.78 is 4.18. The zero-order valence-corrected chi connectivity index (χ0v) is 31.2. The van der Waals surface area contributed by atoms with Crippen molar-refractivity contribution < 1.29 is 9.90 Å². The maximum atomic E-state index is 14.6. The number of para-hydroxylation sites is 1. The first-order valence-corrected chi connectivity index (χ1v) is 18.4. The molecule has 0 fully saturated rings. The molecule has 2 aromatic heterocycles. The zero-order valence-electron chi connectivity index (χ0n) is 31.2. The molecule has 1 amide bonds. The number of anilines is 1. The topological polar surface area (TPSA) is 114 Å². The third kappa shape index (κ3) is 6.29. The quantitative estimate of drug-likeness (QED) is 0.132. The maximum Gasteiger partial charge on any atom is 0.333 e. The second kappa shape index (κ2) is 14.3. The molecule has 10 heteroatoms. The summed E-state index contributed by atoms with van der Waals surface area (Å²) in [5.74, 6) is -0.790. The number of hydrogen-bond donors (Lipinski definition) is 2. The van der Waals surface area contributed by atoms with Gasteiger partial charge < -0.3 is 19.9 Å². The van der Waals surface area contributed by atoms with Gasteiger partial charge in [0.05, 0.1) is 12.6 Å². The largest absolute Gasteiger partial charge is 0.494 e. The van der Waals surface area contributed by atoms with Crippen LogP contribution in [0, 0.1) is 6.92 Å². The number of amidine groups is 1. The van der Waals surface area contributed by atoms with Crippen LogP contribution in [0.3, 0.4) is 0 Å². The van der Waals surface area contributed by atoms with E-state index in [1.807, 2.05) is 90.7 Å². The Morgan fingerprint density at radius 2 is 1.44 bits per heavy atom. The highest BCUT2D eigenvalue weighted by Gasteiger charge is 2.40. The van der Waals surface area contributed by atoms with Gasteiger partial charge in [-0.1, -0.05) is 90.5 Å². The summed E-state index contributed by atoms with van der Waals surface area (Å²) >= 11 is 0. The predicted octanol–water partition coefficient (Wildman–Crippen LogP) is 6.83. The molecule has 276 valence electrons. The summed E-state index contributed by atoms with van der Waals surface area (Å²) in [5, 5.41) is 16.8. The summed E-state index contributed by atoms with van der Waals surface area (Å²) in [6.45, 7) is 2.59. The molecule has 3 heterocycles. The molecule has 0 unspecified atom stereocenters. The number of fused-ring (bicyclic) bond motifs is 4. The molecule has 1 aliphatic rings. The van der Waals surface area contributed by atoms with E-state index in [9.17, 15) is 19.5 Å². The molecule has 2 N–H and O–H groups in total. The number of aromatic hydroxyl groups is 1. The molecule has 0 bridgehead atoms. The standard InChI is InChI=1S/C45H42N6O4/c1-28-18-21-31(22-19-28)47-41(39-43(53)49(3)45(55)50(4)44(39)54)46-27-36-32-14-8-9-16-34(32)42(52)51(25-24-29-12-6-5-7-13-29)40(36)30-20-23-38-35(26-30)33-15-10-11-17-37(33)48(38)2/h5-23,26,36,40,53H,24-25,27H2,1-4H3,(H,46,47)/t36-,40-/m0/s1. The first kappa shape index (κ1) is 35.4. The van der Waals surface area contributed by atoms with Crippen molar-refractivity contribution in [1.29, 1.82) is 0 Å². The highest BCUT2D eigenvalue weighted by atomic mass is 16.3. The summed E-state index contributed by atoms with van der Waals surface area (Å²) in [6, 6.07) is 39.8. The molecule has 8 rings (SSSR count). The number of amides is 1. The van der Waals surface area contributed by atoms with Gasteiger partial charge in [-0.25, -0.2) is 4.79 Å². The fourth-order valence-electron chi connectivity index (χ4n) is 7.98. The van der Waals surface area contributed by atoms with Crippen LogP contribution in [0.25, 0.3) is 21.8 Å².